The van der Waals surface area contributed by atoms with E-state index in [4.69, 9.17) is 9.84 Å². The van der Waals surface area contributed by atoms with Gasteiger partial charge in [0, 0.05) is 6.61 Å². The van der Waals surface area contributed by atoms with E-state index in [0.29, 0.717) is 17.7 Å². The van der Waals surface area contributed by atoms with E-state index in [1.807, 2.05) is 0 Å². The van der Waals surface area contributed by atoms with Crippen molar-refractivity contribution in [3.63, 3.8) is 0 Å². The summed E-state index contributed by atoms with van der Waals surface area (Å²) in [5.41, 5.74) is -2.42. The summed E-state index contributed by atoms with van der Waals surface area (Å²) in [7, 11) is 0. The number of hydrogen-bond donors (Lipinski definition) is 1. The van der Waals surface area contributed by atoms with Gasteiger partial charge in [-0.05, 0) is 19.3 Å². The Balaban J connectivity index is 2.27. The zero-order chi connectivity index (χ0) is 14.0. The van der Waals surface area contributed by atoms with E-state index in [1.54, 1.807) is 0 Å². The number of carboxylic acids is 1. The molecule has 1 aromatic heterocycles. The van der Waals surface area contributed by atoms with Gasteiger partial charge in [0.15, 0.2) is 5.69 Å². The molecule has 2 rings (SSSR count). The number of nitrogens with zero attached hydrogens (tertiary/aromatic N) is 3. The monoisotopic (exact) mass is 279 g/mol. The zero-order valence-electron chi connectivity index (χ0n) is 9.85. The Morgan fingerprint density at radius 1 is 1.47 bits per heavy atom. The molecule has 0 aromatic carbocycles. The molecular weight excluding hydrogens is 267 g/mol. The number of hydrogen-bond acceptors (Lipinski definition) is 4. The van der Waals surface area contributed by atoms with Crippen LogP contribution in [0.5, 0.6) is 0 Å². The van der Waals surface area contributed by atoms with Gasteiger partial charge in [-0.15, -0.1) is 5.10 Å². The number of ether oxygens (including phenoxy) is 1. The molecule has 19 heavy (non-hydrogen) atoms. The van der Waals surface area contributed by atoms with Crippen molar-refractivity contribution in [3.8, 4) is 0 Å². The number of rotatable bonds is 3. The summed E-state index contributed by atoms with van der Waals surface area (Å²) in [6, 6.07) is 0. The lowest BCUT2D eigenvalue weighted by Crippen LogP contribution is -2.28. The summed E-state index contributed by atoms with van der Waals surface area (Å²) in [5.74, 6) is -1.75. The third-order valence-electron chi connectivity index (χ3n) is 2.86. The second kappa shape index (κ2) is 5.16. The molecule has 0 bridgehead atoms. The van der Waals surface area contributed by atoms with Crippen LogP contribution in [0.2, 0.25) is 0 Å². The van der Waals surface area contributed by atoms with Gasteiger partial charge in [-0.1, -0.05) is 5.21 Å². The normalized spacial score (nSPS) is 20.5. The summed E-state index contributed by atoms with van der Waals surface area (Å²) in [6.07, 6.45) is -2.84. The first kappa shape index (κ1) is 13.8. The molecule has 1 aliphatic rings. The molecule has 0 amide bonds. The predicted octanol–water partition coefficient (Wildman–Crippen LogP) is 1.56. The molecule has 1 unspecified atom stereocenters. The van der Waals surface area contributed by atoms with E-state index in [2.05, 4.69) is 10.3 Å². The Bertz CT molecular complexity index is 466. The molecule has 2 heterocycles. The fraction of sp³-hybridized carbons (Fsp3) is 0.700. The van der Waals surface area contributed by atoms with Gasteiger partial charge in [0.05, 0.1) is 12.6 Å². The number of halogens is 3. The summed E-state index contributed by atoms with van der Waals surface area (Å²) in [6.45, 7) is 0.349. The minimum Gasteiger partial charge on any atom is -0.476 e. The van der Waals surface area contributed by atoms with Crippen LogP contribution in [0.3, 0.4) is 0 Å². The standard InChI is InChI=1S/C10H12F3N3O3/c11-10(12,13)8-7(9(17)18)14-15-16(8)5-6-3-1-2-4-19-6/h6H,1-5H2,(H,17,18). The summed E-state index contributed by atoms with van der Waals surface area (Å²) in [5, 5.41) is 15.1. The van der Waals surface area contributed by atoms with E-state index in [0.717, 1.165) is 12.8 Å². The Hall–Kier alpha value is -1.64. The van der Waals surface area contributed by atoms with Crippen molar-refractivity contribution in [3.05, 3.63) is 11.4 Å². The fourth-order valence-electron chi connectivity index (χ4n) is 2.01. The smallest absolute Gasteiger partial charge is 0.435 e. The Morgan fingerprint density at radius 2 is 2.21 bits per heavy atom. The lowest BCUT2D eigenvalue weighted by atomic mass is 10.1. The van der Waals surface area contributed by atoms with Crippen molar-refractivity contribution in [2.24, 2.45) is 0 Å². The van der Waals surface area contributed by atoms with E-state index < -0.39 is 29.6 Å². The molecule has 1 saturated heterocycles. The van der Waals surface area contributed by atoms with Gasteiger partial charge >= 0.3 is 12.1 Å². The molecule has 1 aliphatic heterocycles. The molecular formula is C10H12F3N3O3. The lowest BCUT2D eigenvalue weighted by Gasteiger charge is -2.23. The fourth-order valence-corrected chi connectivity index (χ4v) is 2.01. The maximum atomic E-state index is 12.9. The summed E-state index contributed by atoms with van der Waals surface area (Å²) >= 11 is 0. The zero-order valence-corrected chi connectivity index (χ0v) is 9.85. The average Bonchev–Trinajstić information content (AvgIpc) is 2.74. The number of carbonyl (C=O) groups is 1. The minimum atomic E-state index is -4.81. The number of aromatic carboxylic acids is 1. The van der Waals surface area contributed by atoms with E-state index >= 15 is 0 Å². The third kappa shape index (κ3) is 3.03. The van der Waals surface area contributed by atoms with Crippen LogP contribution in [-0.4, -0.2) is 38.8 Å². The highest BCUT2D eigenvalue weighted by Crippen LogP contribution is 2.31. The van der Waals surface area contributed by atoms with Crippen LogP contribution in [-0.2, 0) is 17.5 Å². The SMILES string of the molecule is O=C(O)c1nnn(CC2CCCCO2)c1C(F)(F)F. The second-order valence-corrected chi connectivity index (χ2v) is 4.26. The first-order valence-corrected chi connectivity index (χ1v) is 5.75. The van der Waals surface area contributed by atoms with Gasteiger partial charge < -0.3 is 9.84 Å². The highest BCUT2D eigenvalue weighted by molar-refractivity contribution is 5.86. The Kier molecular flexibility index (Phi) is 3.74. The molecule has 6 nitrogen and oxygen atoms in total. The van der Waals surface area contributed by atoms with Crippen molar-refractivity contribution in [2.75, 3.05) is 6.61 Å². The van der Waals surface area contributed by atoms with Crippen molar-refractivity contribution < 1.29 is 27.8 Å². The second-order valence-electron chi connectivity index (χ2n) is 4.26. The molecule has 0 radical (unpaired) electrons. The number of alkyl halides is 3. The maximum Gasteiger partial charge on any atom is 0.435 e. The van der Waals surface area contributed by atoms with Crippen molar-refractivity contribution in [1.82, 2.24) is 15.0 Å². The topological polar surface area (TPSA) is 77.2 Å². The van der Waals surface area contributed by atoms with E-state index in [1.165, 1.54) is 0 Å². The minimum absolute atomic E-state index is 0.144. The lowest BCUT2D eigenvalue weighted by molar-refractivity contribution is -0.145. The van der Waals surface area contributed by atoms with Crippen molar-refractivity contribution >= 4 is 5.97 Å². The molecule has 0 saturated carbocycles. The van der Waals surface area contributed by atoms with Gasteiger partial charge in [-0.25, -0.2) is 9.48 Å². The first-order valence-electron chi connectivity index (χ1n) is 5.75. The molecule has 106 valence electrons. The van der Waals surface area contributed by atoms with Gasteiger partial charge in [0.2, 0.25) is 5.69 Å². The van der Waals surface area contributed by atoms with Crippen molar-refractivity contribution in [1.29, 1.82) is 0 Å². The summed E-state index contributed by atoms with van der Waals surface area (Å²) < 4.78 is 44.4. The van der Waals surface area contributed by atoms with Crippen molar-refractivity contribution in [2.45, 2.75) is 38.1 Å². The Morgan fingerprint density at radius 3 is 2.74 bits per heavy atom. The van der Waals surface area contributed by atoms with Gasteiger partial charge in [0.25, 0.3) is 0 Å². The van der Waals surface area contributed by atoms with Gasteiger partial charge in [-0.2, -0.15) is 13.2 Å². The highest BCUT2D eigenvalue weighted by Gasteiger charge is 2.42. The third-order valence-corrected chi connectivity index (χ3v) is 2.86. The van der Waals surface area contributed by atoms with Crippen LogP contribution in [0.15, 0.2) is 0 Å². The average molecular weight is 279 g/mol. The summed E-state index contributed by atoms with van der Waals surface area (Å²) in [4.78, 5) is 10.7. The van der Waals surface area contributed by atoms with Crippen LogP contribution in [0.25, 0.3) is 0 Å². The molecule has 1 aromatic rings. The van der Waals surface area contributed by atoms with E-state index in [-0.39, 0.29) is 6.54 Å². The molecule has 1 fully saturated rings. The molecule has 1 atom stereocenters. The number of aromatic nitrogens is 3. The van der Waals surface area contributed by atoms with Crippen LogP contribution in [0, 0.1) is 0 Å². The molecule has 9 heteroatoms. The van der Waals surface area contributed by atoms with Gasteiger partial charge in [-0.3, -0.25) is 0 Å². The van der Waals surface area contributed by atoms with Crippen LogP contribution >= 0.6 is 0 Å². The highest BCUT2D eigenvalue weighted by atomic mass is 19.4. The number of carboxylic acid groups (broad SMARTS) is 1. The van der Waals surface area contributed by atoms with E-state index in [9.17, 15) is 18.0 Å². The Labute approximate surface area is 106 Å². The predicted molar refractivity (Wildman–Crippen MR) is 55.6 cm³/mol. The van der Waals surface area contributed by atoms with Crippen LogP contribution in [0.4, 0.5) is 13.2 Å². The maximum absolute atomic E-state index is 12.9. The molecule has 0 aliphatic carbocycles. The molecule has 0 spiro atoms. The van der Waals surface area contributed by atoms with Crippen LogP contribution in [0.1, 0.15) is 35.4 Å². The van der Waals surface area contributed by atoms with Crippen LogP contribution < -0.4 is 0 Å². The van der Waals surface area contributed by atoms with Gasteiger partial charge in [0.1, 0.15) is 0 Å². The first-order chi connectivity index (χ1) is 8.89. The largest absolute Gasteiger partial charge is 0.476 e. The molecule has 1 N–H and O–H groups in total. The quantitative estimate of drug-likeness (QED) is 0.908.